The molecule has 2 aromatic rings. The second-order valence-corrected chi connectivity index (χ2v) is 3.48. The van der Waals surface area contributed by atoms with Crippen molar-refractivity contribution in [3.8, 4) is 5.69 Å². The third-order valence-electron chi connectivity index (χ3n) is 2.38. The lowest BCUT2D eigenvalue weighted by molar-refractivity contribution is 0.373. The second-order valence-electron chi connectivity index (χ2n) is 3.48. The minimum atomic E-state index is -1.06. The van der Waals surface area contributed by atoms with Gasteiger partial charge >= 0.3 is 0 Å². The molecule has 0 bridgehead atoms. The van der Waals surface area contributed by atoms with Crippen molar-refractivity contribution >= 4 is 6.08 Å². The standard InChI is InChI=1S/C12H12FN3/c1-3-10-4-5-12(11(6-10)9(2)13)16-8-14-7-15-16/h3-9H,1H2,2H3. The first kappa shape index (κ1) is 10.5. The lowest BCUT2D eigenvalue weighted by Crippen LogP contribution is -2.01. The molecule has 0 aliphatic carbocycles. The molecule has 1 atom stereocenters. The van der Waals surface area contributed by atoms with Gasteiger partial charge in [-0.05, 0) is 24.6 Å². The molecule has 3 nitrogen and oxygen atoms in total. The van der Waals surface area contributed by atoms with E-state index in [1.807, 2.05) is 12.1 Å². The molecule has 4 heteroatoms. The van der Waals surface area contributed by atoms with Crippen molar-refractivity contribution < 1.29 is 4.39 Å². The van der Waals surface area contributed by atoms with Crippen molar-refractivity contribution in [3.63, 3.8) is 0 Å². The van der Waals surface area contributed by atoms with Crippen molar-refractivity contribution in [1.82, 2.24) is 14.8 Å². The van der Waals surface area contributed by atoms with Gasteiger partial charge in [0.15, 0.2) is 0 Å². The second kappa shape index (κ2) is 4.26. The van der Waals surface area contributed by atoms with Crippen molar-refractivity contribution in [2.75, 3.05) is 0 Å². The summed E-state index contributed by atoms with van der Waals surface area (Å²) in [5, 5.41) is 4.00. The van der Waals surface area contributed by atoms with Gasteiger partial charge in [0.2, 0.25) is 0 Å². The van der Waals surface area contributed by atoms with Crippen LogP contribution in [0.3, 0.4) is 0 Å². The fourth-order valence-electron chi connectivity index (χ4n) is 1.56. The van der Waals surface area contributed by atoms with Gasteiger partial charge in [-0.2, -0.15) is 5.10 Å². The molecule has 16 heavy (non-hydrogen) atoms. The lowest BCUT2D eigenvalue weighted by atomic mass is 10.1. The van der Waals surface area contributed by atoms with Crippen LogP contribution in [-0.2, 0) is 0 Å². The summed E-state index contributed by atoms with van der Waals surface area (Å²) >= 11 is 0. The maximum atomic E-state index is 13.5. The highest BCUT2D eigenvalue weighted by Gasteiger charge is 2.11. The van der Waals surface area contributed by atoms with Crippen LogP contribution < -0.4 is 0 Å². The normalized spacial score (nSPS) is 12.4. The van der Waals surface area contributed by atoms with E-state index in [1.54, 1.807) is 23.2 Å². The van der Waals surface area contributed by atoms with Crippen molar-refractivity contribution in [1.29, 1.82) is 0 Å². The summed E-state index contributed by atoms with van der Waals surface area (Å²) in [5.74, 6) is 0. The Labute approximate surface area is 93.3 Å². The molecule has 1 heterocycles. The van der Waals surface area contributed by atoms with E-state index < -0.39 is 6.17 Å². The van der Waals surface area contributed by atoms with Gasteiger partial charge in [0.25, 0.3) is 0 Å². The van der Waals surface area contributed by atoms with Crippen molar-refractivity contribution in [2.24, 2.45) is 0 Å². The monoisotopic (exact) mass is 217 g/mol. The molecule has 1 aromatic heterocycles. The topological polar surface area (TPSA) is 30.7 Å². The van der Waals surface area contributed by atoms with Gasteiger partial charge < -0.3 is 0 Å². The van der Waals surface area contributed by atoms with Gasteiger partial charge in [-0.3, -0.25) is 0 Å². The SMILES string of the molecule is C=Cc1ccc(-n2cncn2)c(C(C)F)c1. The van der Waals surface area contributed by atoms with E-state index in [0.29, 0.717) is 11.3 Å². The van der Waals surface area contributed by atoms with E-state index in [4.69, 9.17) is 0 Å². The largest absolute Gasteiger partial charge is 0.243 e. The molecule has 0 saturated heterocycles. The molecule has 1 unspecified atom stereocenters. The van der Waals surface area contributed by atoms with Crippen LogP contribution in [0.25, 0.3) is 11.8 Å². The molecule has 0 spiro atoms. The maximum absolute atomic E-state index is 13.5. The zero-order valence-electron chi connectivity index (χ0n) is 8.97. The van der Waals surface area contributed by atoms with Gasteiger partial charge in [0, 0.05) is 5.56 Å². The first-order chi connectivity index (χ1) is 7.72. The predicted molar refractivity (Wildman–Crippen MR) is 61.0 cm³/mol. The summed E-state index contributed by atoms with van der Waals surface area (Å²) in [7, 11) is 0. The molecule has 2 rings (SSSR count). The predicted octanol–water partition coefficient (Wildman–Crippen LogP) is 2.94. The van der Waals surface area contributed by atoms with E-state index >= 15 is 0 Å². The number of hydrogen-bond donors (Lipinski definition) is 0. The summed E-state index contributed by atoms with van der Waals surface area (Å²) in [6, 6.07) is 5.46. The molecule has 0 aliphatic rings. The van der Waals surface area contributed by atoms with E-state index in [2.05, 4.69) is 16.7 Å². The molecule has 82 valence electrons. The summed E-state index contributed by atoms with van der Waals surface area (Å²) in [6.45, 7) is 5.17. The van der Waals surface area contributed by atoms with Gasteiger partial charge in [0.1, 0.15) is 18.8 Å². The molecular weight excluding hydrogens is 205 g/mol. The Kier molecular flexibility index (Phi) is 2.81. The molecule has 0 fully saturated rings. The molecular formula is C12H12FN3. The number of hydrogen-bond acceptors (Lipinski definition) is 2. The van der Waals surface area contributed by atoms with Crippen molar-refractivity contribution in [3.05, 3.63) is 48.6 Å². The molecule has 0 saturated carbocycles. The quantitative estimate of drug-likeness (QED) is 0.791. The zero-order valence-corrected chi connectivity index (χ0v) is 8.97. The lowest BCUT2D eigenvalue weighted by Gasteiger charge is -2.11. The summed E-state index contributed by atoms with van der Waals surface area (Å²) < 4.78 is 15.1. The molecule has 0 amide bonds. The number of halogens is 1. The number of aromatic nitrogens is 3. The summed E-state index contributed by atoms with van der Waals surface area (Å²) in [4.78, 5) is 3.85. The third kappa shape index (κ3) is 1.86. The van der Waals surface area contributed by atoms with E-state index in [0.717, 1.165) is 5.56 Å². The first-order valence-corrected chi connectivity index (χ1v) is 4.98. The zero-order chi connectivity index (χ0) is 11.5. The highest BCUT2D eigenvalue weighted by molar-refractivity contribution is 5.54. The Bertz CT molecular complexity index is 489. The van der Waals surface area contributed by atoms with E-state index in [-0.39, 0.29) is 0 Å². The van der Waals surface area contributed by atoms with Gasteiger partial charge in [-0.15, -0.1) is 0 Å². The average Bonchev–Trinajstić information content (AvgIpc) is 2.81. The van der Waals surface area contributed by atoms with Crippen LogP contribution in [0.1, 0.15) is 24.2 Å². The smallest absolute Gasteiger partial charge is 0.138 e. The van der Waals surface area contributed by atoms with Crippen molar-refractivity contribution in [2.45, 2.75) is 13.1 Å². The van der Waals surface area contributed by atoms with Crippen LogP contribution in [0, 0.1) is 0 Å². The fourth-order valence-corrected chi connectivity index (χ4v) is 1.56. The van der Waals surface area contributed by atoms with Crippen LogP contribution in [0.2, 0.25) is 0 Å². The van der Waals surface area contributed by atoms with Crippen LogP contribution in [0.5, 0.6) is 0 Å². The highest BCUT2D eigenvalue weighted by atomic mass is 19.1. The van der Waals surface area contributed by atoms with Crippen LogP contribution in [0.15, 0.2) is 37.4 Å². The molecule has 0 aliphatic heterocycles. The van der Waals surface area contributed by atoms with Crippen LogP contribution >= 0.6 is 0 Å². The number of benzene rings is 1. The Hall–Kier alpha value is -1.97. The van der Waals surface area contributed by atoms with Crippen LogP contribution in [-0.4, -0.2) is 14.8 Å². The Morgan fingerprint density at radius 2 is 2.31 bits per heavy atom. The third-order valence-corrected chi connectivity index (χ3v) is 2.38. The average molecular weight is 217 g/mol. The number of nitrogens with zero attached hydrogens (tertiary/aromatic N) is 3. The van der Waals surface area contributed by atoms with E-state index in [9.17, 15) is 4.39 Å². The summed E-state index contributed by atoms with van der Waals surface area (Å²) in [5.41, 5.74) is 2.18. The molecule has 0 N–H and O–H groups in total. The Morgan fingerprint density at radius 1 is 1.50 bits per heavy atom. The number of rotatable bonds is 3. The van der Waals surface area contributed by atoms with Gasteiger partial charge in [-0.25, -0.2) is 14.1 Å². The Morgan fingerprint density at radius 3 is 2.88 bits per heavy atom. The van der Waals surface area contributed by atoms with Crippen LogP contribution in [0.4, 0.5) is 4.39 Å². The Balaban J connectivity index is 2.57. The fraction of sp³-hybridized carbons (Fsp3) is 0.167. The highest BCUT2D eigenvalue weighted by Crippen LogP contribution is 2.25. The number of alkyl halides is 1. The maximum Gasteiger partial charge on any atom is 0.138 e. The van der Waals surface area contributed by atoms with Gasteiger partial charge in [0.05, 0.1) is 5.69 Å². The summed E-state index contributed by atoms with van der Waals surface area (Å²) in [6.07, 6.45) is 3.61. The first-order valence-electron chi connectivity index (χ1n) is 4.98. The molecule has 0 radical (unpaired) electrons. The van der Waals surface area contributed by atoms with Gasteiger partial charge in [-0.1, -0.05) is 18.7 Å². The molecule has 1 aromatic carbocycles. The van der Waals surface area contributed by atoms with E-state index in [1.165, 1.54) is 13.3 Å². The minimum absolute atomic E-state index is 0.586. The minimum Gasteiger partial charge on any atom is -0.243 e.